The first-order valence-electron chi connectivity index (χ1n) is 3.69. The Labute approximate surface area is 65.6 Å². The van der Waals surface area contributed by atoms with Gasteiger partial charge in [0.2, 0.25) is 0 Å². The number of carbonyl (C=O) groups excluding carboxylic acids is 1. The molecule has 1 aliphatic heterocycles. The van der Waals surface area contributed by atoms with Gasteiger partial charge in [-0.3, -0.25) is 0 Å². The van der Waals surface area contributed by atoms with E-state index in [2.05, 4.69) is 29.2 Å². The minimum Gasteiger partial charge on any atom is -0.352 e. The summed E-state index contributed by atoms with van der Waals surface area (Å²) in [5.41, 5.74) is 2.60. The lowest BCUT2D eigenvalue weighted by molar-refractivity contribution is 0.0804. The SMILES string of the molecule is CC(C)CC1C=NC(=O)ON1. The second kappa shape index (κ2) is 3.48. The first-order valence-corrected chi connectivity index (χ1v) is 3.69. The molecular weight excluding hydrogens is 144 g/mol. The van der Waals surface area contributed by atoms with Gasteiger partial charge in [-0.05, 0) is 12.3 Å². The van der Waals surface area contributed by atoms with E-state index >= 15 is 0 Å². The van der Waals surface area contributed by atoms with E-state index in [1.807, 2.05) is 0 Å². The number of aliphatic imine (C=N–C) groups is 1. The molecule has 0 spiro atoms. The average molecular weight is 156 g/mol. The predicted molar refractivity (Wildman–Crippen MR) is 41.4 cm³/mol. The highest BCUT2D eigenvalue weighted by Gasteiger charge is 2.15. The second-order valence-electron chi connectivity index (χ2n) is 3.00. The van der Waals surface area contributed by atoms with Gasteiger partial charge < -0.3 is 4.84 Å². The van der Waals surface area contributed by atoms with Crippen LogP contribution in [0.25, 0.3) is 0 Å². The summed E-state index contributed by atoms with van der Waals surface area (Å²) in [6, 6.07) is 0.0766. The van der Waals surface area contributed by atoms with E-state index in [0.29, 0.717) is 5.92 Å². The van der Waals surface area contributed by atoms with Crippen LogP contribution in [0.4, 0.5) is 4.79 Å². The second-order valence-corrected chi connectivity index (χ2v) is 3.00. The maximum Gasteiger partial charge on any atom is 0.452 e. The van der Waals surface area contributed by atoms with Crippen molar-refractivity contribution in [3.63, 3.8) is 0 Å². The monoisotopic (exact) mass is 156 g/mol. The number of nitrogens with one attached hydrogen (secondary N) is 1. The number of carbonyl (C=O) groups is 1. The Morgan fingerprint density at radius 2 is 2.55 bits per heavy atom. The molecule has 1 heterocycles. The fraction of sp³-hybridized carbons (Fsp3) is 0.714. The number of hydrogen-bond donors (Lipinski definition) is 1. The van der Waals surface area contributed by atoms with Crippen LogP contribution in [0.5, 0.6) is 0 Å². The molecule has 62 valence electrons. The number of hydrogen-bond acceptors (Lipinski definition) is 3. The quantitative estimate of drug-likeness (QED) is 0.652. The Kier molecular flexibility index (Phi) is 2.59. The molecule has 1 rings (SSSR count). The third-order valence-electron chi connectivity index (χ3n) is 1.38. The number of hydroxylamine groups is 1. The van der Waals surface area contributed by atoms with Crippen LogP contribution in [0, 0.1) is 5.92 Å². The van der Waals surface area contributed by atoms with Gasteiger partial charge in [-0.15, -0.1) is 5.48 Å². The van der Waals surface area contributed by atoms with Crippen molar-refractivity contribution in [1.82, 2.24) is 5.48 Å². The van der Waals surface area contributed by atoms with E-state index in [1.165, 1.54) is 0 Å². The highest BCUT2D eigenvalue weighted by Crippen LogP contribution is 2.05. The van der Waals surface area contributed by atoms with Gasteiger partial charge in [-0.25, -0.2) is 4.79 Å². The van der Waals surface area contributed by atoms with E-state index in [9.17, 15) is 4.79 Å². The van der Waals surface area contributed by atoms with Gasteiger partial charge in [-0.1, -0.05) is 13.8 Å². The van der Waals surface area contributed by atoms with Gasteiger partial charge in [0, 0.05) is 6.21 Å². The molecule has 0 fully saturated rings. The van der Waals surface area contributed by atoms with Gasteiger partial charge in [-0.2, -0.15) is 4.99 Å². The predicted octanol–water partition coefficient (Wildman–Crippen LogP) is 1.13. The van der Waals surface area contributed by atoms with Crippen molar-refractivity contribution >= 4 is 12.3 Å². The molecule has 0 radical (unpaired) electrons. The molecule has 0 saturated heterocycles. The number of amides is 1. The number of rotatable bonds is 2. The Hall–Kier alpha value is -0.900. The fourth-order valence-corrected chi connectivity index (χ4v) is 0.951. The zero-order chi connectivity index (χ0) is 8.27. The normalized spacial score (nSPS) is 23.9. The molecular formula is C7H12N2O2. The van der Waals surface area contributed by atoms with Gasteiger partial charge in [0.25, 0.3) is 0 Å². The van der Waals surface area contributed by atoms with Gasteiger partial charge in [0.15, 0.2) is 0 Å². The summed E-state index contributed by atoms with van der Waals surface area (Å²) in [6.07, 6.45) is 1.95. The van der Waals surface area contributed by atoms with Gasteiger partial charge in [0.1, 0.15) is 0 Å². The van der Waals surface area contributed by atoms with E-state index < -0.39 is 6.09 Å². The van der Waals surface area contributed by atoms with Crippen molar-refractivity contribution < 1.29 is 9.63 Å². The van der Waals surface area contributed by atoms with Crippen molar-refractivity contribution in [2.45, 2.75) is 26.3 Å². The highest BCUT2D eigenvalue weighted by molar-refractivity contribution is 5.83. The molecule has 0 bridgehead atoms. The van der Waals surface area contributed by atoms with Crippen molar-refractivity contribution in [1.29, 1.82) is 0 Å². The summed E-state index contributed by atoms with van der Waals surface area (Å²) < 4.78 is 0. The molecule has 0 aromatic carbocycles. The third-order valence-corrected chi connectivity index (χ3v) is 1.38. The van der Waals surface area contributed by atoms with Crippen molar-refractivity contribution in [2.75, 3.05) is 0 Å². The van der Waals surface area contributed by atoms with E-state index in [-0.39, 0.29) is 6.04 Å². The molecule has 1 N–H and O–H groups in total. The molecule has 1 atom stereocenters. The van der Waals surface area contributed by atoms with E-state index in [1.54, 1.807) is 6.21 Å². The lowest BCUT2D eigenvalue weighted by Gasteiger charge is -2.17. The molecule has 1 unspecified atom stereocenters. The van der Waals surface area contributed by atoms with Crippen LogP contribution in [0.15, 0.2) is 4.99 Å². The standard InChI is InChI=1S/C7H12N2O2/c1-5(2)3-6-4-8-7(10)11-9-6/h4-6,9H,3H2,1-2H3. The molecule has 1 aliphatic rings. The smallest absolute Gasteiger partial charge is 0.352 e. The van der Waals surface area contributed by atoms with Crippen LogP contribution in [0.2, 0.25) is 0 Å². The van der Waals surface area contributed by atoms with Crippen LogP contribution in [-0.2, 0) is 4.84 Å². The summed E-state index contributed by atoms with van der Waals surface area (Å²) in [7, 11) is 0. The van der Waals surface area contributed by atoms with Crippen LogP contribution in [0.3, 0.4) is 0 Å². The molecule has 4 nitrogen and oxygen atoms in total. The molecule has 0 aromatic rings. The summed E-state index contributed by atoms with van der Waals surface area (Å²) in [5.74, 6) is 0.566. The van der Waals surface area contributed by atoms with Crippen LogP contribution in [-0.4, -0.2) is 18.3 Å². The Morgan fingerprint density at radius 3 is 3.00 bits per heavy atom. The van der Waals surface area contributed by atoms with E-state index in [4.69, 9.17) is 0 Å². The Morgan fingerprint density at radius 1 is 1.82 bits per heavy atom. The van der Waals surface area contributed by atoms with E-state index in [0.717, 1.165) is 6.42 Å². The Bertz CT molecular complexity index is 177. The highest BCUT2D eigenvalue weighted by atomic mass is 16.7. The molecule has 1 amide bonds. The van der Waals surface area contributed by atoms with Crippen LogP contribution >= 0.6 is 0 Å². The first kappa shape index (κ1) is 8.20. The minimum absolute atomic E-state index is 0.0766. The van der Waals surface area contributed by atoms with Gasteiger partial charge >= 0.3 is 6.09 Å². The molecule has 11 heavy (non-hydrogen) atoms. The lowest BCUT2D eigenvalue weighted by atomic mass is 10.1. The lowest BCUT2D eigenvalue weighted by Crippen LogP contribution is -2.37. The van der Waals surface area contributed by atoms with Crippen molar-refractivity contribution in [2.24, 2.45) is 10.9 Å². The van der Waals surface area contributed by atoms with Crippen LogP contribution < -0.4 is 5.48 Å². The van der Waals surface area contributed by atoms with Crippen molar-refractivity contribution in [3.05, 3.63) is 0 Å². The van der Waals surface area contributed by atoms with Crippen LogP contribution in [0.1, 0.15) is 20.3 Å². The molecule has 0 saturated carbocycles. The topological polar surface area (TPSA) is 50.7 Å². The Balaban J connectivity index is 2.38. The first-order chi connectivity index (χ1) is 5.18. The largest absolute Gasteiger partial charge is 0.452 e. The zero-order valence-electron chi connectivity index (χ0n) is 6.70. The third kappa shape index (κ3) is 2.67. The summed E-state index contributed by atoms with van der Waals surface area (Å²) in [4.78, 5) is 18.4. The number of nitrogens with zero attached hydrogens (tertiary/aromatic N) is 1. The summed E-state index contributed by atoms with van der Waals surface area (Å²) in [5, 5.41) is 0. The average Bonchev–Trinajstić information content (AvgIpc) is 1.93. The fourth-order valence-electron chi connectivity index (χ4n) is 0.951. The molecule has 0 aliphatic carbocycles. The van der Waals surface area contributed by atoms with Crippen molar-refractivity contribution in [3.8, 4) is 0 Å². The molecule has 4 heteroatoms. The minimum atomic E-state index is -0.565. The summed E-state index contributed by atoms with van der Waals surface area (Å²) >= 11 is 0. The summed E-state index contributed by atoms with van der Waals surface area (Å²) in [6.45, 7) is 4.21. The maximum absolute atomic E-state index is 10.4. The zero-order valence-corrected chi connectivity index (χ0v) is 6.70. The maximum atomic E-state index is 10.4. The molecule has 0 aromatic heterocycles. The van der Waals surface area contributed by atoms with Gasteiger partial charge in [0.05, 0.1) is 6.04 Å².